The lowest BCUT2D eigenvalue weighted by Crippen LogP contribution is -2.62. The van der Waals surface area contributed by atoms with Crippen LogP contribution in [0.25, 0.3) is 0 Å². The van der Waals surface area contributed by atoms with E-state index in [0.29, 0.717) is 18.8 Å². The summed E-state index contributed by atoms with van der Waals surface area (Å²) >= 11 is 0. The van der Waals surface area contributed by atoms with Crippen LogP contribution in [-0.2, 0) is 9.53 Å². The van der Waals surface area contributed by atoms with Crippen LogP contribution in [0.2, 0.25) is 0 Å². The van der Waals surface area contributed by atoms with Crippen LogP contribution in [0.1, 0.15) is 80.6 Å². The molecule has 0 spiro atoms. The van der Waals surface area contributed by atoms with Crippen LogP contribution in [0.4, 0.5) is 13.2 Å². The molecule has 4 bridgehead atoms. The maximum Gasteiger partial charge on any atom is 0.393 e. The molecule has 0 saturated heterocycles. The molecule has 0 aromatic carbocycles. The number of ether oxygens (including phenoxy) is 1. The standard InChI is InChI=1S/C24H36F3NO2/c1-20(2,3)17(18(21(4,5)6)24(25,26)27)19(29)30-22(7)15-8-14-9-16(22)12-23(10-14,11-15)13-28/h14-18H,8-12H2,1-7H3. The highest BCUT2D eigenvalue weighted by Gasteiger charge is 2.64. The number of nitriles is 1. The fourth-order valence-electron chi connectivity index (χ4n) is 6.94. The zero-order valence-corrected chi connectivity index (χ0v) is 19.3. The predicted octanol–water partition coefficient (Wildman–Crippen LogP) is 6.53. The van der Waals surface area contributed by atoms with Gasteiger partial charge in [-0.15, -0.1) is 0 Å². The van der Waals surface area contributed by atoms with Crippen molar-refractivity contribution in [2.24, 2.45) is 45.8 Å². The molecule has 4 fully saturated rings. The Morgan fingerprint density at radius 2 is 1.50 bits per heavy atom. The summed E-state index contributed by atoms with van der Waals surface area (Å²) in [7, 11) is 0. The average Bonchev–Trinajstić information content (AvgIpc) is 2.53. The smallest absolute Gasteiger partial charge is 0.393 e. The molecule has 0 aliphatic heterocycles. The molecule has 4 aliphatic rings. The molecule has 4 atom stereocenters. The van der Waals surface area contributed by atoms with Crippen LogP contribution in [0.15, 0.2) is 0 Å². The topological polar surface area (TPSA) is 50.1 Å². The number of rotatable bonds is 3. The van der Waals surface area contributed by atoms with Crippen molar-refractivity contribution in [1.82, 2.24) is 0 Å². The van der Waals surface area contributed by atoms with Gasteiger partial charge in [0.1, 0.15) is 5.60 Å². The van der Waals surface area contributed by atoms with E-state index in [2.05, 4.69) is 6.07 Å². The van der Waals surface area contributed by atoms with Crippen LogP contribution in [-0.4, -0.2) is 17.7 Å². The minimum atomic E-state index is -4.51. The molecule has 0 heterocycles. The summed E-state index contributed by atoms with van der Waals surface area (Å²) in [5.74, 6) is -3.27. The van der Waals surface area contributed by atoms with Crippen LogP contribution in [0, 0.1) is 57.2 Å². The van der Waals surface area contributed by atoms with Crippen molar-refractivity contribution in [2.75, 3.05) is 0 Å². The molecular weight excluding hydrogens is 391 g/mol. The molecule has 0 aromatic rings. The highest BCUT2D eigenvalue weighted by Crippen LogP contribution is 2.64. The number of alkyl halides is 3. The molecule has 0 radical (unpaired) electrons. The second-order valence-electron chi connectivity index (χ2n) is 12.6. The average molecular weight is 428 g/mol. The van der Waals surface area contributed by atoms with Gasteiger partial charge in [0.05, 0.1) is 23.3 Å². The summed E-state index contributed by atoms with van der Waals surface area (Å²) in [6, 6.07) is 2.52. The molecule has 4 saturated carbocycles. The van der Waals surface area contributed by atoms with E-state index >= 15 is 0 Å². The first kappa shape index (κ1) is 23.4. The zero-order valence-electron chi connectivity index (χ0n) is 19.3. The number of nitrogens with zero attached hydrogens (tertiary/aromatic N) is 1. The van der Waals surface area contributed by atoms with Gasteiger partial charge in [0.15, 0.2) is 0 Å². The van der Waals surface area contributed by atoms with Crippen molar-refractivity contribution < 1.29 is 22.7 Å². The lowest BCUT2D eigenvalue weighted by atomic mass is 9.45. The third kappa shape index (κ3) is 3.86. The third-order valence-electron chi connectivity index (χ3n) is 8.17. The molecule has 4 unspecified atom stereocenters. The lowest BCUT2D eigenvalue weighted by Gasteiger charge is -2.62. The molecule has 3 nitrogen and oxygen atoms in total. The van der Waals surface area contributed by atoms with Gasteiger partial charge in [-0.05, 0) is 55.8 Å². The monoisotopic (exact) mass is 427 g/mol. The lowest BCUT2D eigenvalue weighted by molar-refractivity contribution is -0.248. The van der Waals surface area contributed by atoms with Crippen LogP contribution in [0.5, 0.6) is 0 Å². The van der Waals surface area contributed by atoms with Gasteiger partial charge in [-0.2, -0.15) is 18.4 Å². The highest BCUT2D eigenvalue weighted by atomic mass is 19.4. The fraction of sp³-hybridized carbons (Fsp3) is 0.917. The van der Waals surface area contributed by atoms with Gasteiger partial charge in [0, 0.05) is 11.8 Å². The third-order valence-corrected chi connectivity index (χ3v) is 8.17. The molecular formula is C24H36F3NO2. The summed E-state index contributed by atoms with van der Waals surface area (Å²) in [6.07, 6.45) is -0.445. The van der Waals surface area contributed by atoms with Crippen LogP contribution >= 0.6 is 0 Å². The van der Waals surface area contributed by atoms with Gasteiger partial charge in [0.25, 0.3) is 0 Å². The van der Waals surface area contributed by atoms with E-state index in [-0.39, 0.29) is 17.3 Å². The van der Waals surface area contributed by atoms with Crippen molar-refractivity contribution in [3.8, 4) is 6.07 Å². The van der Waals surface area contributed by atoms with Crippen molar-refractivity contribution in [3.05, 3.63) is 0 Å². The molecule has 6 heteroatoms. The van der Waals surface area contributed by atoms with Gasteiger partial charge in [-0.25, -0.2) is 0 Å². The van der Waals surface area contributed by atoms with Gasteiger partial charge < -0.3 is 4.74 Å². The Balaban J connectivity index is 1.93. The van der Waals surface area contributed by atoms with Gasteiger partial charge in [-0.1, -0.05) is 41.5 Å². The second kappa shape index (κ2) is 6.87. The number of halogens is 3. The minimum absolute atomic E-state index is 0.0481. The van der Waals surface area contributed by atoms with E-state index < -0.39 is 40.4 Å². The van der Waals surface area contributed by atoms with Gasteiger partial charge >= 0.3 is 12.1 Å². The molecule has 0 N–H and O–H groups in total. The zero-order chi connectivity index (χ0) is 22.9. The van der Waals surface area contributed by atoms with E-state index in [0.717, 1.165) is 19.3 Å². The maximum absolute atomic E-state index is 14.2. The molecule has 170 valence electrons. The number of carbonyl (C=O) groups excluding carboxylic acids is 1. The molecule has 4 aliphatic carbocycles. The van der Waals surface area contributed by atoms with Crippen molar-refractivity contribution in [2.45, 2.75) is 92.3 Å². The maximum atomic E-state index is 14.2. The Labute approximate surface area is 178 Å². The normalized spacial score (nSPS) is 38.1. The van der Waals surface area contributed by atoms with Gasteiger partial charge in [0.2, 0.25) is 0 Å². The Bertz CT molecular complexity index is 708. The Morgan fingerprint density at radius 1 is 1.00 bits per heavy atom. The predicted molar refractivity (Wildman–Crippen MR) is 108 cm³/mol. The SMILES string of the molecule is CC(C)(C)C(C(=O)OC1(C)C2CC3CC1CC(C#N)(C3)C2)C(C(C)(C)C)C(F)(F)F. The Morgan fingerprint density at radius 3 is 1.87 bits per heavy atom. The molecule has 4 rings (SSSR count). The summed E-state index contributed by atoms with van der Waals surface area (Å²) in [6.45, 7) is 11.6. The van der Waals surface area contributed by atoms with E-state index in [1.165, 1.54) is 0 Å². The number of hydrogen-bond donors (Lipinski definition) is 0. The quantitative estimate of drug-likeness (QED) is 0.482. The van der Waals surface area contributed by atoms with E-state index in [4.69, 9.17) is 4.74 Å². The first-order chi connectivity index (χ1) is 13.4. The Kier molecular flexibility index (Phi) is 5.36. The molecule has 30 heavy (non-hydrogen) atoms. The van der Waals surface area contributed by atoms with Crippen molar-refractivity contribution in [3.63, 3.8) is 0 Å². The molecule has 0 aromatic heterocycles. The summed E-state index contributed by atoms with van der Waals surface area (Å²) in [4.78, 5) is 13.5. The van der Waals surface area contributed by atoms with Crippen LogP contribution < -0.4 is 0 Å². The summed E-state index contributed by atoms with van der Waals surface area (Å²) < 4.78 is 48.6. The number of esters is 1. The van der Waals surface area contributed by atoms with E-state index in [1.807, 2.05) is 6.92 Å². The van der Waals surface area contributed by atoms with Gasteiger partial charge in [-0.3, -0.25) is 4.79 Å². The van der Waals surface area contributed by atoms with Crippen LogP contribution in [0.3, 0.4) is 0 Å². The van der Waals surface area contributed by atoms with E-state index in [9.17, 15) is 23.2 Å². The molecule has 0 amide bonds. The minimum Gasteiger partial charge on any atom is -0.459 e. The van der Waals surface area contributed by atoms with E-state index in [1.54, 1.807) is 41.5 Å². The second-order valence-corrected chi connectivity index (χ2v) is 12.6. The Hall–Kier alpha value is -1.25. The first-order valence-electron chi connectivity index (χ1n) is 11.1. The number of carbonyl (C=O) groups is 1. The summed E-state index contributed by atoms with van der Waals surface area (Å²) in [5, 5.41) is 9.75. The highest BCUT2D eigenvalue weighted by molar-refractivity contribution is 5.74. The number of hydrogen-bond acceptors (Lipinski definition) is 3. The van der Waals surface area contributed by atoms with Crippen molar-refractivity contribution >= 4 is 5.97 Å². The van der Waals surface area contributed by atoms with Crippen molar-refractivity contribution in [1.29, 1.82) is 5.26 Å². The largest absolute Gasteiger partial charge is 0.459 e. The summed E-state index contributed by atoms with van der Waals surface area (Å²) in [5.41, 5.74) is -3.16. The first-order valence-corrected chi connectivity index (χ1v) is 11.1. The fourth-order valence-corrected chi connectivity index (χ4v) is 6.94.